The maximum Gasteiger partial charge on any atom is 0.250 e. The molecule has 0 radical (unpaired) electrons. The number of morpholine rings is 1. The highest BCUT2D eigenvalue weighted by Gasteiger charge is 2.16. The molecule has 4 aromatic rings. The summed E-state index contributed by atoms with van der Waals surface area (Å²) in [6.07, 6.45) is 1.59. The second-order valence-electron chi connectivity index (χ2n) is 7.31. The maximum absolute atomic E-state index is 5.85. The van der Waals surface area contributed by atoms with Crippen LogP contribution in [0.25, 0.3) is 11.3 Å². The van der Waals surface area contributed by atoms with E-state index >= 15 is 0 Å². The molecule has 33 heavy (non-hydrogen) atoms. The summed E-state index contributed by atoms with van der Waals surface area (Å²) in [7, 11) is 0. The number of aromatic nitrogens is 3. The molecule has 2 aromatic heterocycles. The first kappa shape index (κ1) is 20.7. The van der Waals surface area contributed by atoms with E-state index < -0.39 is 0 Å². The monoisotopic (exact) mass is 441 g/mol. The Hall–Kier alpha value is -4.24. The number of benzene rings is 2. The fraction of sp³-hybridized carbons (Fsp3) is 0.167. The fourth-order valence-electron chi connectivity index (χ4n) is 3.36. The summed E-state index contributed by atoms with van der Waals surface area (Å²) < 4.78 is 11.3. The highest BCUT2D eigenvalue weighted by Crippen LogP contribution is 2.21. The van der Waals surface area contributed by atoms with E-state index in [0.29, 0.717) is 49.9 Å². The van der Waals surface area contributed by atoms with Crippen LogP contribution in [0, 0.1) is 0 Å². The van der Waals surface area contributed by atoms with E-state index in [-0.39, 0.29) is 0 Å². The van der Waals surface area contributed by atoms with E-state index in [2.05, 4.69) is 35.7 Å². The van der Waals surface area contributed by atoms with Crippen LogP contribution < -0.4 is 15.6 Å². The number of hydrogen-bond donors (Lipinski definition) is 2. The molecular formula is C24H23N7O2. The Morgan fingerprint density at radius 1 is 0.818 bits per heavy atom. The molecule has 1 saturated heterocycles. The minimum absolute atomic E-state index is 0.330. The summed E-state index contributed by atoms with van der Waals surface area (Å²) in [5, 5.41) is 7.48. The van der Waals surface area contributed by atoms with Gasteiger partial charge in [0.1, 0.15) is 11.5 Å². The number of anilines is 4. The molecule has 5 rings (SSSR count). The second-order valence-corrected chi connectivity index (χ2v) is 7.31. The van der Waals surface area contributed by atoms with Crippen molar-refractivity contribution in [2.24, 2.45) is 5.10 Å². The van der Waals surface area contributed by atoms with Crippen molar-refractivity contribution in [3.8, 4) is 11.3 Å². The Morgan fingerprint density at radius 3 is 2.33 bits per heavy atom. The minimum atomic E-state index is 0.330. The summed E-state index contributed by atoms with van der Waals surface area (Å²) in [5.41, 5.74) is 4.79. The van der Waals surface area contributed by atoms with Crippen molar-refractivity contribution in [3.63, 3.8) is 0 Å². The van der Waals surface area contributed by atoms with E-state index in [0.717, 1.165) is 17.0 Å². The normalized spacial score (nSPS) is 13.9. The lowest BCUT2D eigenvalue weighted by Gasteiger charge is -2.27. The molecular weight excluding hydrogens is 418 g/mol. The van der Waals surface area contributed by atoms with Gasteiger partial charge in [0.15, 0.2) is 0 Å². The number of para-hydroxylation sites is 1. The molecule has 0 aliphatic carbocycles. The van der Waals surface area contributed by atoms with E-state index in [1.807, 2.05) is 72.8 Å². The smallest absolute Gasteiger partial charge is 0.250 e. The van der Waals surface area contributed by atoms with Gasteiger partial charge in [-0.05, 0) is 24.3 Å². The van der Waals surface area contributed by atoms with E-state index in [4.69, 9.17) is 9.15 Å². The van der Waals surface area contributed by atoms with Crippen LogP contribution in [0.2, 0.25) is 0 Å². The third-order valence-corrected chi connectivity index (χ3v) is 4.99. The summed E-state index contributed by atoms with van der Waals surface area (Å²) >= 11 is 0. The molecule has 1 fully saturated rings. The highest BCUT2D eigenvalue weighted by atomic mass is 16.5. The van der Waals surface area contributed by atoms with Crippen molar-refractivity contribution in [3.05, 3.63) is 78.6 Å². The van der Waals surface area contributed by atoms with Crippen LogP contribution in [-0.2, 0) is 4.74 Å². The van der Waals surface area contributed by atoms with Gasteiger partial charge in [0, 0.05) is 24.3 Å². The lowest BCUT2D eigenvalue weighted by atomic mass is 10.2. The molecule has 1 aliphatic heterocycles. The van der Waals surface area contributed by atoms with Gasteiger partial charge in [0.2, 0.25) is 17.8 Å². The highest BCUT2D eigenvalue weighted by molar-refractivity contribution is 5.78. The molecule has 3 heterocycles. The van der Waals surface area contributed by atoms with Crippen LogP contribution in [-0.4, -0.2) is 47.5 Å². The van der Waals surface area contributed by atoms with Gasteiger partial charge < -0.3 is 19.4 Å². The Morgan fingerprint density at radius 2 is 1.55 bits per heavy atom. The second kappa shape index (κ2) is 9.92. The third kappa shape index (κ3) is 5.34. The summed E-state index contributed by atoms with van der Waals surface area (Å²) in [4.78, 5) is 15.6. The molecule has 1 aliphatic rings. The zero-order valence-electron chi connectivity index (χ0n) is 17.9. The number of ether oxygens (including phenoxy) is 1. The summed E-state index contributed by atoms with van der Waals surface area (Å²) in [6, 6.07) is 23.4. The third-order valence-electron chi connectivity index (χ3n) is 4.99. The Kier molecular flexibility index (Phi) is 6.21. The Bertz CT molecular complexity index is 1210. The van der Waals surface area contributed by atoms with Crippen LogP contribution in [0.4, 0.5) is 23.5 Å². The van der Waals surface area contributed by atoms with Crippen molar-refractivity contribution in [1.82, 2.24) is 15.0 Å². The molecule has 0 unspecified atom stereocenters. The summed E-state index contributed by atoms with van der Waals surface area (Å²) in [6.45, 7) is 2.70. The van der Waals surface area contributed by atoms with Crippen molar-refractivity contribution in [1.29, 1.82) is 0 Å². The molecule has 0 bridgehead atoms. The molecule has 9 nitrogen and oxygen atoms in total. The lowest BCUT2D eigenvalue weighted by Crippen LogP contribution is -2.37. The molecule has 0 spiro atoms. The maximum atomic E-state index is 5.85. The molecule has 0 amide bonds. The topological polar surface area (TPSA) is 101 Å². The van der Waals surface area contributed by atoms with Gasteiger partial charge >= 0.3 is 0 Å². The van der Waals surface area contributed by atoms with Crippen LogP contribution in [0.15, 0.2) is 82.3 Å². The first-order chi connectivity index (χ1) is 16.3. The van der Waals surface area contributed by atoms with Gasteiger partial charge in [-0.3, -0.25) is 0 Å². The summed E-state index contributed by atoms with van der Waals surface area (Å²) in [5.74, 6) is 2.72. The van der Waals surface area contributed by atoms with Crippen molar-refractivity contribution in [2.45, 2.75) is 0 Å². The number of nitrogens with one attached hydrogen (secondary N) is 2. The van der Waals surface area contributed by atoms with Crippen molar-refractivity contribution in [2.75, 3.05) is 41.9 Å². The average Bonchev–Trinajstić information content (AvgIpc) is 3.35. The van der Waals surface area contributed by atoms with Gasteiger partial charge in [-0.1, -0.05) is 48.5 Å². The number of hydrogen-bond acceptors (Lipinski definition) is 9. The molecule has 2 aromatic carbocycles. The van der Waals surface area contributed by atoms with E-state index in [9.17, 15) is 0 Å². The number of hydrazone groups is 1. The van der Waals surface area contributed by atoms with E-state index in [1.165, 1.54) is 0 Å². The van der Waals surface area contributed by atoms with Crippen LogP contribution in [0.1, 0.15) is 5.76 Å². The Labute approximate surface area is 191 Å². The predicted molar refractivity (Wildman–Crippen MR) is 128 cm³/mol. The van der Waals surface area contributed by atoms with Gasteiger partial charge in [0.05, 0.1) is 19.4 Å². The van der Waals surface area contributed by atoms with Crippen molar-refractivity contribution < 1.29 is 9.15 Å². The molecule has 0 saturated carbocycles. The first-order valence-corrected chi connectivity index (χ1v) is 10.7. The SMILES string of the molecule is C(=NNc1nc(Nc2ccccc2)nc(N2CCOCC2)n1)c1ccc(-c2ccccc2)o1. The van der Waals surface area contributed by atoms with Crippen LogP contribution in [0.5, 0.6) is 0 Å². The predicted octanol–water partition coefficient (Wildman–Crippen LogP) is 4.16. The Balaban J connectivity index is 1.34. The quantitative estimate of drug-likeness (QED) is 0.326. The lowest BCUT2D eigenvalue weighted by molar-refractivity contribution is 0.122. The number of furan rings is 1. The standard InChI is InChI=1S/C24H23N7O2/c1-3-7-18(8-4-1)21-12-11-20(33-21)17-25-30-23-27-22(26-19-9-5-2-6-10-19)28-24(29-23)31-13-15-32-16-14-31/h1-12,17H,13-16H2,(H2,26,27,28,29,30). The van der Waals surface area contributed by atoms with Gasteiger partial charge in [-0.25, -0.2) is 5.43 Å². The fourth-order valence-corrected chi connectivity index (χ4v) is 3.36. The van der Waals surface area contributed by atoms with Gasteiger partial charge in [-0.15, -0.1) is 0 Å². The van der Waals surface area contributed by atoms with Crippen molar-refractivity contribution >= 4 is 29.7 Å². The number of rotatable bonds is 7. The molecule has 9 heteroatoms. The van der Waals surface area contributed by atoms with Gasteiger partial charge in [-0.2, -0.15) is 20.1 Å². The number of nitrogens with zero attached hydrogens (tertiary/aromatic N) is 5. The van der Waals surface area contributed by atoms with Crippen LogP contribution in [0.3, 0.4) is 0 Å². The van der Waals surface area contributed by atoms with Crippen LogP contribution >= 0.6 is 0 Å². The zero-order valence-corrected chi connectivity index (χ0v) is 17.9. The molecule has 2 N–H and O–H groups in total. The average molecular weight is 441 g/mol. The first-order valence-electron chi connectivity index (χ1n) is 10.7. The zero-order chi connectivity index (χ0) is 22.3. The van der Waals surface area contributed by atoms with E-state index in [1.54, 1.807) is 6.21 Å². The van der Waals surface area contributed by atoms with Gasteiger partial charge in [0.25, 0.3) is 0 Å². The largest absolute Gasteiger partial charge is 0.455 e. The molecule has 166 valence electrons. The minimum Gasteiger partial charge on any atom is -0.455 e. The molecule has 0 atom stereocenters.